The normalized spacial score (nSPS) is 17.1. The third-order valence-electron chi connectivity index (χ3n) is 1.85. The first-order chi connectivity index (χ1) is 5.27. The molecule has 0 aromatic carbocycles. The highest BCUT2D eigenvalue weighted by molar-refractivity contribution is 5.77. The monoisotopic (exact) mass is 175 g/mol. The SMILES string of the molecule is CC(O)C(C)NC(C)(C)C(=O)O. The van der Waals surface area contributed by atoms with Crippen molar-refractivity contribution in [2.24, 2.45) is 0 Å². The second-order valence-electron chi connectivity index (χ2n) is 3.60. The van der Waals surface area contributed by atoms with Gasteiger partial charge in [0.05, 0.1) is 6.10 Å². The molecule has 0 aliphatic heterocycles. The van der Waals surface area contributed by atoms with Gasteiger partial charge in [0, 0.05) is 6.04 Å². The van der Waals surface area contributed by atoms with E-state index in [0.717, 1.165) is 0 Å². The molecule has 0 aromatic rings. The average Bonchev–Trinajstić information content (AvgIpc) is 1.85. The van der Waals surface area contributed by atoms with Crippen LogP contribution in [0.2, 0.25) is 0 Å². The van der Waals surface area contributed by atoms with Gasteiger partial charge in [-0.25, -0.2) is 0 Å². The summed E-state index contributed by atoms with van der Waals surface area (Å²) in [7, 11) is 0. The van der Waals surface area contributed by atoms with E-state index in [0.29, 0.717) is 0 Å². The molecule has 0 aliphatic carbocycles. The second-order valence-corrected chi connectivity index (χ2v) is 3.60. The van der Waals surface area contributed by atoms with Gasteiger partial charge in [0.2, 0.25) is 0 Å². The van der Waals surface area contributed by atoms with Crippen LogP contribution >= 0.6 is 0 Å². The fourth-order valence-electron chi connectivity index (χ4n) is 0.752. The maximum atomic E-state index is 10.6. The van der Waals surface area contributed by atoms with Gasteiger partial charge in [-0.05, 0) is 27.7 Å². The molecule has 3 N–H and O–H groups in total. The fourth-order valence-corrected chi connectivity index (χ4v) is 0.752. The zero-order valence-electron chi connectivity index (χ0n) is 7.96. The lowest BCUT2D eigenvalue weighted by Crippen LogP contribution is -2.53. The molecule has 0 heterocycles. The molecule has 0 saturated carbocycles. The van der Waals surface area contributed by atoms with Crippen molar-refractivity contribution in [3.05, 3.63) is 0 Å². The Kier molecular flexibility index (Phi) is 3.67. The van der Waals surface area contributed by atoms with Crippen LogP contribution in [-0.4, -0.2) is 33.9 Å². The molecule has 0 amide bonds. The van der Waals surface area contributed by atoms with Crippen LogP contribution in [0.1, 0.15) is 27.7 Å². The number of aliphatic carboxylic acids is 1. The lowest BCUT2D eigenvalue weighted by Gasteiger charge is -2.27. The van der Waals surface area contributed by atoms with Gasteiger partial charge in [0.1, 0.15) is 5.54 Å². The van der Waals surface area contributed by atoms with E-state index < -0.39 is 17.6 Å². The Bertz CT molecular complexity index is 166. The number of carboxylic acids is 1. The summed E-state index contributed by atoms with van der Waals surface area (Å²) in [6.45, 7) is 6.49. The Morgan fingerprint density at radius 1 is 1.42 bits per heavy atom. The smallest absolute Gasteiger partial charge is 0.323 e. The molecule has 0 spiro atoms. The van der Waals surface area contributed by atoms with E-state index in [9.17, 15) is 4.79 Å². The largest absolute Gasteiger partial charge is 0.480 e. The Balaban J connectivity index is 4.15. The Morgan fingerprint density at radius 3 is 2.08 bits per heavy atom. The minimum atomic E-state index is -0.990. The lowest BCUT2D eigenvalue weighted by atomic mass is 10.0. The van der Waals surface area contributed by atoms with E-state index in [1.54, 1.807) is 27.7 Å². The lowest BCUT2D eigenvalue weighted by molar-refractivity contribution is -0.144. The summed E-state index contributed by atoms with van der Waals surface area (Å²) < 4.78 is 0. The minimum Gasteiger partial charge on any atom is -0.480 e. The zero-order valence-corrected chi connectivity index (χ0v) is 7.96. The van der Waals surface area contributed by atoms with Crippen molar-refractivity contribution in [2.75, 3.05) is 0 Å². The van der Waals surface area contributed by atoms with Gasteiger partial charge >= 0.3 is 5.97 Å². The summed E-state index contributed by atoms with van der Waals surface area (Å²) in [6.07, 6.45) is -0.552. The summed E-state index contributed by atoms with van der Waals surface area (Å²) >= 11 is 0. The summed E-state index contributed by atoms with van der Waals surface area (Å²) in [6, 6.07) is -0.226. The summed E-state index contributed by atoms with van der Waals surface area (Å²) in [4.78, 5) is 10.6. The summed E-state index contributed by atoms with van der Waals surface area (Å²) in [5.41, 5.74) is -0.990. The molecule has 4 nitrogen and oxygen atoms in total. The van der Waals surface area contributed by atoms with Crippen molar-refractivity contribution in [3.63, 3.8) is 0 Å². The van der Waals surface area contributed by atoms with Gasteiger partial charge in [0.25, 0.3) is 0 Å². The molecule has 0 radical (unpaired) electrons. The van der Waals surface area contributed by atoms with Crippen molar-refractivity contribution in [2.45, 2.75) is 45.4 Å². The van der Waals surface area contributed by atoms with Crippen LogP contribution in [0, 0.1) is 0 Å². The first kappa shape index (κ1) is 11.4. The zero-order chi connectivity index (χ0) is 9.94. The number of carboxylic acid groups (broad SMARTS) is 1. The molecule has 0 rings (SSSR count). The molecular weight excluding hydrogens is 158 g/mol. The summed E-state index contributed by atoms with van der Waals surface area (Å²) in [5.74, 6) is -0.921. The van der Waals surface area contributed by atoms with Crippen molar-refractivity contribution in [3.8, 4) is 0 Å². The molecule has 0 aromatic heterocycles. The minimum absolute atomic E-state index is 0.226. The first-order valence-electron chi connectivity index (χ1n) is 3.96. The number of hydrogen-bond donors (Lipinski definition) is 3. The molecule has 0 aliphatic rings. The maximum absolute atomic E-state index is 10.6. The van der Waals surface area contributed by atoms with Crippen molar-refractivity contribution in [1.82, 2.24) is 5.32 Å². The number of rotatable bonds is 4. The number of aliphatic hydroxyl groups is 1. The molecule has 4 heteroatoms. The topological polar surface area (TPSA) is 69.6 Å². The van der Waals surface area contributed by atoms with Gasteiger partial charge in [-0.15, -0.1) is 0 Å². The van der Waals surface area contributed by atoms with Gasteiger partial charge < -0.3 is 10.2 Å². The van der Waals surface area contributed by atoms with Crippen LogP contribution in [0.3, 0.4) is 0 Å². The van der Waals surface area contributed by atoms with Gasteiger partial charge in [-0.2, -0.15) is 0 Å². The third kappa shape index (κ3) is 3.19. The molecule has 0 bridgehead atoms. The molecule has 0 saturated heterocycles. The molecule has 2 atom stereocenters. The van der Waals surface area contributed by atoms with E-state index in [-0.39, 0.29) is 6.04 Å². The summed E-state index contributed by atoms with van der Waals surface area (Å²) in [5, 5.41) is 20.6. The highest BCUT2D eigenvalue weighted by Gasteiger charge is 2.29. The number of hydrogen-bond acceptors (Lipinski definition) is 3. The third-order valence-corrected chi connectivity index (χ3v) is 1.85. The van der Waals surface area contributed by atoms with Crippen LogP contribution < -0.4 is 5.32 Å². The molecule has 2 unspecified atom stereocenters. The van der Waals surface area contributed by atoms with Crippen LogP contribution in [-0.2, 0) is 4.79 Å². The highest BCUT2D eigenvalue weighted by Crippen LogP contribution is 2.05. The van der Waals surface area contributed by atoms with E-state index in [4.69, 9.17) is 10.2 Å². The second kappa shape index (κ2) is 3.87. The standard InChI is InChI=1S/C8H17NO3/c1-5(6(2)10)9-8(3,4)7(11)12/h5-6,9-10H,1-4H3,(H,11,12). The van der Waals surface area contributed by atoms with Crippen LogP contribution in [0.25, 0.3) is 0 Å². The Morgan fingerprint density at radius 2 is 1.83 bits per heavy atom. The quantitative estimate of drug-likeness (QED) is 0.571. The van der Waals surface area contributed by atoms with Crippen molar-refractivity contribution < 1.29 is 15.0 Å². The van der Waals surface area contributed by atoms with Crippen molar-refractivity contribution in [1.29, 1.82) is 0 Å². The van der Waals surface area contributed by atoms with E-state index in [1.165, 1.54) is 0 Å². The average molecular weight is 175 g/mol. The van der Waals surface area contributed by atoms with Crippen molar-refractivity contribution >= 4 is 5.97 Å². The first-order valence-corrected chi connectivity index (χ1v) is 3.96. The van der Waals surface area contributed by atoms with E-state index in [1.807, 2.05) is 0 Å². The van der Waals surface area contributed by atoms with Gasteiger partial charge in [0.15, 0.2) is 0 Å². The predicted octanol–water partition coefficient (Wildman–Crippen LogP) is 0.208. The number of nitrogens with one attached hydrogen (secondary N) is 1. The predicted molar refractivity (Wildman–Crippen MR) is 46.0 cm³/mol. The molecule has 72 valence electrons. The van der Waals surface area contributed by atoms with Gasteiger partial charge in [-0.1, -0.05) is 0 Å². The van der Waals surface area contributed by atoms with Crippen LogP contribution in [0.4, 0.5) is 0 Å². The number of carbonyl (C=O) groups is 1. The highest BCUT2D eigenvalue weighted by atomic mass is 16.4. The molecule has 12 heavy (non-hydrogen) atoms. The van der Waals surface area contributed by atoms with Gasteiger partial charge in [-0.3, -0.25) is 10.1 Å². The fraction of sp³-hybridized carbons (Fsp3) is 0.875. The molecule has 0 fully saturated rings. The van der Waals surface area contributed by atoms with Crippen LogP contribution in [0.15, 0.2) is 0 Å². The molecular formula is C8H17NO3. The van der Waals surface area contributed by atoms with Crippen LogP contribution in [0.5, 0.6) is 0 Å². The Labute approximate surface area is 72.6 Å². The Hall–Kier alpha value is -0.610. The van der Waals surface area contributed by atoms with E-state index >= 15 is 0 Å². The van der Waals surface area contributed by atoms with E-state index in [2.05, 4.69) is 5.32 Å². The number of aliphatic hydroxyl groups excluding tert-OH is 1. The maximum Gasteiger partial charge on any atom is 0.323 e.